The van der Waals surface area contributed by atoms with E-state index in [4.69, 9.17) is 0 Å². The molecule has 150 valence electrons. The first-order chi connectivity index (χ1) is 14.6. The quantitative estimate of drug-likeness (QED) is 0.643. The Balaban J connectivity index is 1.59. The molecule has 2 aromatic carbocycles. The van der Waals surface area contributed by atoms with Gasteiger partial charge in [-0.05, 0) is 35.9 Å². The highest BCUT2D eigenvalue weighted by molar-refractivity contribution is 6.22. The van der Waals surface area contributed by atoms with E-state index in [1.807, 2.05) is 30.3 Å². The van der Waals surface area contributed by atoms with Crippen LogP contribution in [0.25, 0.3) is 0 Å². The number of benzene rings is 2. The van der Waals surface area contributed by atoms with Gasteiger partial charge in [0.05, 0.1) is 12.1 Å². The predicted octanol–water partition coefficient (Wildman–Crippen LogP) is 3.45. The van der Waals surface area contributed by atoms with Crippen molar-refractivity contribution in [3.63, 3.8) is 0 Å². The topological polar surface area (TPSA) is 82.6 Å². The molecule has 0 aliphatic carbocycles. The van der Waals surface area contributed by atoms with E-state index in [-0.39, 0.29) is 18.9 Å². The van der Waals surface area contributed by atoms with Crippen LogP contribution < -0.4 is 10.2 Å². The molecule has 0 unspecified atom stereocenters. The zero-order valence-electron chi connectivity index (χ0n) is 16.1. The van der Waals surface area contributed by atoms with Crippen LogP contribution in [-0.2, 0) is 16.1 Å². The van der Waals surface area contributed by atoms with Crippen molar-refractivity contribution in [2.45, 2.75) is 19.0 Å². The largest absolute Gasteiger partial charge is 0.332 e. The van der Waals surface area contributed by atoms with Gasteiger partial charge in [-0.25, -0.2) is 9.69 Å². The average molecular weight is 400 g/mol. The molecule has 1 N–H and O–H groups in total. The third-order valence-electron chi connectivity index (χ3n) is 4.85. The van der Waals surface area contributed by atoms with Crippen molar-refractivity contribution in [1.29, 1.82) is 0 Å². The fraction of sp³-hybridized carbons (Fsp3) is 0.130. The minimum atomic E-state index is -0.901. The zero-order valence-corrected chi connectivity index (χ0v) is 16.1. The SMILES string of the molecule is O=C(C[C@@H]1C(=O)N(c2ccccc2)C(=O)N1Cc1cccnc1)Nc1ccccc1. The molecule has 7 heteroatoms. The highest BCUT2D eigenvalue weighted by Gasteiger charge is 2.46. The number of amides is 4. The molecule has 30 heavy (non-hydrogen) atoms. The molecule has 0 bridgehead atoms. The smallest absolute Gasteiger partial charge is 0.326 e. The molecule has 0 spiro atoms. The molecule has 1 aromatic heterocycles. The number of anilines is 2. The van der Waals surface area contributed by atoms with Crippen LogP contribution in [0.1, 0.15) is 12.0 Å². The summed E-state index contributed by atoms with van der Waals surface area (Å²) in [7, 11) is 0. The fourth-order valence-corrected chi connectivity index (χ4v) is 3.43. The lowest BCUT2D eigenvalue weighted by Gasteiger charge is -2.21. The number of hydrogen-bond donors (Lipinski definition) is 1. The number of imide groups is 1. The maximum atomic E-state index is 13.2. The second-order valence-electron chi connectivity index (χ2n) is 6.92. The zero-order chi connectivity index (χ0) is 20.9. The van der Waals surface area contributed by atoms with E-state index in [1.54, 1.807) is 54.9 Å². The normalized spacial score (nSPS) is 16.1. The minimum Gasteiger partial charge on any atom is -0.326 e. The average Bonchev–Trinajstić information content (AvgIpc) is 2.99. The number of rotatable bonds is 6. The molecular formula is C23H20N4O3. The Hall–Kier alpha value is -4.00. The van der Waals surface area contributed by atoms with E-state index in [0.717, 1.165) is 10.5 Å². The number of hydrogen-bond acceptors (Lipinski definition) is 4. The highest BCUT2D eigenvalue weighted by atomic mass is 16.2. The van der Waals surface area contributed by atoms with Crippen molar-refractivity contribution < 1.29 is 14.4 Å². The summed E-state index contributed by atoms with van der Waals surface area (Å²) >= 11 is 0. The van der Waals surface area contributed by atoms with E-state index < -0.39 is 18.0 Å². The summed E-state index contributed by atoms with van der Waals surface area (Å²) in [5.74, 6) is -0.753. The van der Waals surface area contributed by atoms with Crippen molar-refractivity contribution >= 4 is 29.2 Å². The Labute approximate surface area is 174 Å². The number of urea groups is 1. The lowest BCUT2D eigenvalue weighted by atomic mass is 10.1. The van der Waals surface area contributed by atoms with Crippen molar-refractivity contribution in [1.82, 2.24) is 9.88 Å². The first-order valence-corrected chi connectivity index (χ1v) is 9.57. The minimum absolute atomic E-state index is 0.136. The molecular weight excluding hydrogens is 380 g/mol. The highest BCUT2D eigenvalue weighted by Crippen LogP contribution is 2.28. The summed E-state index contributed by atoms with van der Waals surface area (Å²) in [5.41, 5.74) is 1.90. The Kier molecular flexibility index (Phi) is 5.52. The fourth-order valence-electron chi connectivity index (χ4n) is 3.43. The first kappa shape index (κ1) is 19.3. The summed E-state index contributed by atoms with van der Waals surface area (Å²) in [5, 5.41) is 2.78. The monoisotopic (exact) mass is 400 g/mol. The van der Waals surface area contributed by atoms with Crippen LogP contribution in [0.2, 0.25) is 0 Å². The van der Waals surface area contributed by atoms with Gasteiger partial charge in [-0.1, -0.05) is 42.5 Å². The van der Waals surface area contributed by atoms with Crippen molar-refractivity contribution in [3.05, 3.63) is 90.8 Å². The van der Waals surface area contributed by atoms with Crippen molar-refractivity contribution in [2.75, 3.05) is 10.2 Å². The standard InChI is InChI=1S/C23H20N4O3/c28-21(25-18-9-3-1-4-10-18)14-20-22(29)27(19-11-5-2-6-12-19)23(30)26(20)16-17-8-7-13-24-15-17/h1-13,15,20H,14,16H2,(H,25,28)/t20-/m1/s1. The van der Waals surface area contributed by atoms with Crippen LogP contribution in [0.3, 0.4) is 0 Å². The molecule has 4 rings (SSSR count). The molecule has 4 amide bonds. The van der Waals surface area contributed by atoms with Crippen molar-refractivity contribution in [2.24, 2.45) is 0 Å². The van der Waals surface area contributed by atoms with E-state index in [0.29, 0.717) is 11.4 Å². The third-order valence-corrected chi connectivity index (χ3v) is 4.85. The summed E-state index contributed by atoms with van der Waals surface area (Å²) in [6.45, 7) is 0.186. The lowest BCUT2D eigenvalue weighted by molar-refractivity contribution is -0.124. The third kappa shape index (κ3) is 4.05. The number of aromatic nitrogens is 1. The van der Waals surface area contributed by atoms with Gasteiger partial charge >= 0.3 is 6.03 Å². The van der Waals surface area contributed by atoms with E-state index in [1.165, 1.54) is 4.90 Å². The Bertz CT molecular complexity index is 1040. The van der Waals surface area contributed by atoms with Gasteiger partial charge in [0.25, 0.3) is 5.91 Å². The number of pyridine rings is 1. The summed E-state index contributed by atoms with van der Waals surface area (Å²) in [6, 6.07) is 20.0. The number of para-hydroxylation sites is 2. The van der Waals surface area contributed by atoms with E-state index >= 15 is 0 Å². The maximum Gasteiger partial charge on any atom is 0.332 e. The van der Waals surface area contributed by atoms with E-state index in [9.17, 15) is 14.4 Å². The van der Waals surface area contributed by atoms with Gasteiger partial charge in [-0.3, -0.25) is 14.6 Å². The predicted molar refractivity (Wildman–Crippen MR) is 113 cm³/mol. The molecule has 1 atom stereocenters. The van der Waals surface area contributed by atoms with Gasteiger partial charge in [0.2, 0.25) is 5.91 Å². The Morgan fingerprint density at radius 3 is 2.30 bits per heavy atom. The number of nitrogens with zero attached hydrogens (tertiary/aromatic N) is 3. The van der Waals surface area contributed by atoms with E-state index in [2.05, 4.69) is 10.3 Å². The molecule has 0 radical (unpaired) electrons. The van der Waals surface area contributed by atoms with Gasteiger partial charge in [0.15, 0.2) is 0 Å². The molecule has 1 aliphatic rings. The molecule has 2 heterocycles. The lowest BCUT2D eigenvalue weighted by Crippen LogP contribution is -2.37. The van der Waals surface area contributed by atoms with Gasteiger partial charge in [0, 0.05) is 24.6 Å². The van der Waals surface area contributed by atoms with Gasteiger partial charge in [0.1, 0.15) is 6.04 Å². The molecule has 7 nitrogen and oxygen atoms in total. The van der Waals surface area contributed by atoms with Crippen LogP contribution in [0.15, 0.2) is 85.2 Å². The summed E-state index contributed by atoms with van der Waals surface area (Å²) in [6.07, 6.45) is 3.15. The van der Waals surface area contributed by atoms with Crippen LogP contribution in [0.5, 0.6) is 0 Å². The van der Waals surface area contributed by atoms with Crippen LogP contribution in [-0.4, -0.2) is 33.8 Å². The van der Waals surface area contributed by atoms with Crippen LogP contribution >= 0.6 is 0 Å². The second-order valence-corrected chi connectivity index (χ2v) is 6.92. The van der Waals surface area contributed by atoms with Gasteiger partial charge < -0.3 is 10.2 Å². The maximum absolute atomic E-state index is 13.2. The van der Waals surface area contributed by atoms with Gasteiger partial charge in [-0.15, -0.1) is 0 Å². The molecule has 3 aromatic rings. The molecule has 1 fully saturated rings. The van der Waals surface area contributed by atoms with Crippen molar-refractivity contribution in [3.8, 4) is 0 Å². The second kappa shape index (κ2) is 8.57. The number of carbonyl (C=O) groups is 3. The number of carbonyl (C=O) groups excluding carboxylic acids is 3. The first-order valence-electron chi connectivity index (χ1n) is 9.57. The Morgan fingerprint density at radius 2 is 1.63 bits per heavy atom. The number of nitrogens with one attached hydrogen (secondary N) is 1. The summed E-state index contributed by atoms with van der Waals surface area (Å²) in [4.78, 5) is 45.6. The van der Waals surface area contributed by atoms with Crippen LogP contribution in [0, 0.1) is 0 Å². The molecule has 1 aliphatic heterocycles. The molecule has 1 saturated heterocycles. The molecule has 0 saturated carbocycles. The summed E-state index contributed by atoms with van der Waals surface area (Å²) < 4.78 is 0. The van der Waals surface area contributed by atoms with Gasteiger partial charge in [-0.2, -0.15) is 0 Å². The van der Waals surface area contributed by atoms with Crippen LogP contribution in [0.4, 0.5) is 16.2 Å². The Morgan fingerprint density at radius 1 is 0.933 bits per heavy atom.